The molecule has 1 aliphatic carbocycles. The molecule has 1 nitrogen and oxygen atoms in total. The van der Waals surface area contributed by atoms with Crippen LogP contribution in [0.3, 0.4) is 0 Å². The van der Waals surface area contributed by atoms with Crippen LogP contribution >= 0.6 is 0 Å². The second-order valence-corrected chi connectivity index (χ2v) is 5.22. The summed E-state index contributed by atoms with van der Waals surface area (Å²) in [5.74, 6) is 0.938. The second-order valence-electron chi connectivity index (χ2n) is 5.22. The summed E-state index contributed by atoms with van der Waals surface area (Å²) in [6.45, 7) is 6.98. The maximum atomic E-state index is 3.81. The van der Waals surface area contributed by atoms with Crippen molar-refractivity contribution in [2.75, 3.05) is 0 Å². The Kier molecular flexibility index (Phi) is 6.31. The molecule has 0 aromatic heterocycles. The molecule has 0 spiro atoms. The highest BCUT2D eigenvalue weighted by molar-refractivity contribution is 4.77. The van der Waals surface area contributed by atoms with Crippen molar-refractivity contribution >= 4 is 0 Å². The van der Waals surface area contributed by atoms with Gasteiger partial charge in [0, 0.05) is 12.1 Å². The minimum atomic E-state index is 0.730. The van der Waals surface area contributed by atoms with Crippen molar-refractivity contribution in [1.82, 2.24) is 5.32 Å². The van der Waals surface area contributed by atoms with Crippen LogP contribution in [0.25, 0.3) is 0 Å². The zero-order valence-electron chi connectivity index (χ0n) is 10.9. The molecule has 1 fully saturated rings. The van der Waals surface area contributed by atoms with E-state index in [-0.39, 0.29) is 0 Å². The monoisotopic (exact) mass is 211 g/mol. The number of rotatable bonds is 5. The smallest absolute Gasteiger partial charge is 0.00695 e. The zero-order valence-corrected chi connectivity index (χ0v) is 10.9. The van der Waals surface area contributed by atoms with Crippen LogP contribution in [0.1, 0.15) is 72.1 Å². The van der Waals surface area contributed by atoms with Gasteiger partial charge in [0.1, 0.15) is 0 Å². The van der Waals surface area contributed by atoms with Crippen molar-refractivity contribution in [2.45, 2.75) is 84.2 Å². The van der Waals surface area contributed by atoms with E-state index in [9.17, 15) is 0 Å². The van der Waals surface area contributed by atoms with E-state index >= 15 is 0 Å². The van der Waals surface area contributed by atoms with E-state index in [4.69, 9.17) is 0 Å². The van der Waals surface area contributed by atoms with Gasteiger partial charge in [-0.15, -0.1) is 0 Å². The molecule has 0 amide bonds. The standard InChI is InChI=1S/C14H29N/c1-4-14(5-2)15-12(3)13-10-8-6-7-9-11-13/h12-15H,4-11H2,1-3H3/t12-/m0/s1. The predicted molar refractivity (Wildman–Crippen MR) is 68.2 cm³/mol. The van der Waals surface area contributed by atoms with Crippen LogP contribution in [0.15, 0.2) is 0 Å². The van der Waals surface area contributed by atoms with Gasteiger partial charge in [-0.25, -0.2) is 0 Å². The van der Waals surface area contributed by atoms with Crippen molar-refractivity contribution in [1.29, 1.82) is 0 Å². The highest BCUT2D eigenvalue weighted by Crippen LogP contribution is 2.25. The molecule has 90 valence electrons. The first kappa shape index (κ1) is 13.0. The van der Waals surface area contributed by atoms with E-state index in [1.54, 1.807) is 0 Å². The molecular weight excluding hydrogens is 182 g/mol. The van der Waals surface area contributed by atoms with Crippen molar-refractivity contribution in [3.63, 3.8) is 0 Å². The molecule has 0 radical (unpaired) electrons. The Morgan fingerprint density at radius 2 is 1.53 bits per heavy atom. The van der Waals surface area contributed by atoms with E-state index in [1.807, 2.05) is 0 Å². The molecular formula is C14H29N. The van der Waals surface area contributed by atoms with Crippen molar-refractivity contribution in [3.8, 4) is 0 Å². The lowest BCUT2D eigenvalue weighted by Gasteiger charge is -2.28. The first-order chi connectivity index (χ1) is 7.27. The molecule has 0 unspecified atom stereocenters. The maximum absolute atomic E-state index is 3.81. The molecule has 15 heavy (non-hydrogen) atoms. The number of nitrogens with one attached hydrogen (secondary N) is 1. The Labute approximate surface area is 96.0 Å². The lowest BCUT2D eigenvalue weighted by atomic mass is 9.92. The summed E-state index contributed by atoms with van der Waals surface area (Å²) in [7, 11) is 0. The van der Waals surface area contributed by atoms with Crippen molar-refractivity contribution in [2.24, 2.45) is 5.92 Å². The van der Waals surface area contributed by atoms with Gasteiger partial charge in [0.05, 0.1) is 0 Å². The average molecular weight is 211 g/mol. The van der Waals surface area contributed by atoms with Gasteiger partial charge in [-0.3, -0.25) is 0 Å². The van der Waals surface area contributed by atoms with E-state index < -0.39 is 0 Å². The van der Waals surface area contributed by atoms with Crippen LogP contribution in [0.4, 0.5) is 0 Å². The molecule has 0 saturated heterocycles. The molecule has 1 aliphatic rings. The van der Waals surface area contributed by atoms with Gasteiger partial charge in [-0.05, 0) is 38.5 Å². The fraction of sp³-hybridized carbons (Fsp3) is 1.00. The fourth-order valence-electron chi connectivity index (χ4n) is 2.84. The SMILES string of the molecule is CCC(CC)N[C@@H](C)C1CCCCCC1. The van der Waals surface area contributed by atoms with Crippen LogP contribution in [0, 0.1) is 5.92 Å². The minimum absolute atomic E-state index is 0.730. The van der Waals surface area contributed by atoms with Crippen LogP contribution in [0.5, 0.6) is 0 Å². The van der Waals surface area contributed by atoms with Crippen LogP contribution in [-0.2, 0) is 0 Å². The van der Waals surface area contributed by atoms with Gasteiger partial charge < -0.3 is 5.32 Å². The topological polar surface area (TPSA) is 12.0 Å². The lowest BCUT2D eigenvalue weighted by Crippen LogP contribution is -2.40. The predicted octanol–water partition coefficient (Wildman–Crippen LogP) is 4.12. The second kappa shape index (κ2) is 7.27. The summed E-state index contributed by atoms with van der Waals surface area (Å²) >= 11 is 0. The molecule has 0 aromatic carbocycles. The zero-order chi connectivity index (χ0) is 11.1. The highest BCUT2D eigenvalue weighted by Gasteiger charge is 2.20. The van der Waals surface area contributed by atoms with Gasteiger partial charge in [-0.2, -0.15) is 0 Å². The van der Waals surface area contributed by atoms with E-state index in [0.717, 1.165) is 18.0 Å². The first-order valence-corrected chi connectivity index (χ1v) is 7.04. The maximum Gasteiger partial charge on any atom is 0.00695 e. The molecule has 0 aliphatic heterocycles. The Balaban J connectivity index is 2.33. The molecule has 0 heterocycles. The first-order valence-electron chi connectivity index (χ1n) is 7.04. The lowest BCUT2D eigenvalue weighted by molar-refractivity contribution is 0.301. The molecule has 1 saturated carbocycles. The van der Waals surface area contributed by atoms with E-state index in [2.05, 4.69) is 26.1 Å². The summed E-state index contributed by atoms with van der Waals surface area (Å²) in [6, 6.07) is 1.47. The Morgan fingerprint density at radius 1 is 1.00 bits per heavy atom. The Hall–Kier alpha value is -0.0400. The highest BCUT2D eigenvalue weighted by atomic mass is 14.9. The van der Waals surface area contributed by atoms with Gasteiger partial charge in [0.2, 0.25) is 0 Å². The van der Waals surface area contributed by atoms with Crippen LogP contribution < -0.4 is 5.32 Å². The summed E-state index contributed by atoms with van der Waals surface area (Å²) in [5.41, 5.74) is 0. The van der Waals surface area contributed by atoms with Gasteiger partial charge in [0.15, 0.2) is 0 Å². The van der Waals surface area contributed by atoms with Crippen LogP contribution in [0.2, 0.25) is 0 Å². The quantitative estimate of drug-likeness (QED) is 0.674. The largest absolute Gasteiger partial charge is 0.311 e. The van der Waals surface area contributed by atoms with Crippen LogP contribution in [-0.4, -0.2) is 12.1 Å². The fourth-order valence-corrected chi connectivity index (χ4v) is 2.84. The molecule has 0 aromatic rings. The average Bonchev–Trinajstić information content (AvgIpc) is 2.54. The van der Waals surface area contributed by atoms with Gasteiger partial charge >= 0.3 is 0 Å². The third kappa shape index (κ3) is 4.55. The van der Waals surface area contributed by atoms with Crippen molar-refractivity contribution in [3.05, 3.63) is 0 Å². The third-order valence-corrected chi connectivity index (χ3v) is 4.09. The molecule has 1 N–H and O–H groups in total. The number of hydrogen-bond donors (Lipinski definition) is 1. The van der Waals surface area contributed by atoms with E-state index in [0.29, 0.717) is 0 Å². The normalized spacial score (nSPS) is 21.6. The van der Waals surface area contributed by atoms with Gasteiger partial charge in [0.25, 0.3) is 0 Å². The van der Waals surface area contributed by atoms with Crippen molar-refractivity contribution < 1.29 is 0 Å². The third-order valence-electron chi connectivity index (χ3n) is 4.09. The minimum Gasteiger partial charge on any atom is -0.311 e. The summed E-state index contributed by atoms with van der Waals surface area (Å²) in [4.78, 5) is 0. The molecule has 1 rings (SSSR count). The molecule has 0 bridgehead atoms. The summed E-state index contributed by atoms with van der Waals surface area (Å²) in [6.07, 6.45) is 11.3. The summed E-state index contributed by atoms with van der Waals surface area (Å²) in [5, 5.41) is 3.81. The van der Waals surface area contributed by atoms with E-state index in [1.165, 1.54) is 51.4 Å². The molecule has 1 heteroatoms. The van der Waals surface area contributed by atoms with Gasteiger partial charge in [-0.1, -0.05) is 39.5 Å². The molecule has 1 atom stereocenters. The Morgan fingerprint density at radius 3 is 2.00 bits per heavy atom. The Bertz CT molecular complexity index is 143. The summed E-state index contributed by atoms with van der Waals surface area (Å²) < 4.78 is 0. The number of hydrogen-bond acceptors (Lipinski definition) is 1.